The van der Waals surface area contributed by atoms with E-state index in [2.05, 4.69) is 56.4 Å². The van der Waals surface area contributed by atoms with E-state index >= 15 is 0 Å². The van der Waals surface area contributed by atoms with Gasteiger partial charge in [-0.15, -0.1) is 0 Å². The number of nitrogen functional groups attached to an aromatic ring is 1. The summed E-state index contributed by atoms with van der Waals surface area (Å²) in [6.07, 6.45) is 0. The third kappa shape index (κ3) is 2.05. The topological polar surface area (TPSA) is 64.1 Å². The van der Waals surface area contributed by atoms with E-state index in [1.54, 1.807) is 0 Å². The van der Waals surface area contributed by atoms with E-state index in [1.165, 1.54) is 16.7 Å². The van der Waals surface area contributed by atoms with Crippen molar-refractivity contribution < 1.29 is 0 Å². The van der Waals surface area contributed by atoms with Crippen LogP contribution in [0.1, 0.15) is 25.0 Å². The number of anilines is 1. The lowest BCUT2D eigenvalue weighted by molar-refractivity contribution is 0.539. The highest BCUT2D eigenvalue weighted by atomic mass is 15.1. The van der Waals surface area contributed by atoms with Gasteiger partial charge in [0.25, 0.3) is 0 Å². The van der Waals surface area contributed by atoms with Crippen molar-refractivity contribution in [2.45, 2.75) is 26.3 Å². The summed E-state index contributed by atoms with van der Waals surface area (Å²) in [6, 6.07) is 14.4. The molecule has 0 aromatic heterocycles. The van der Waals surface area contributed by atoms with Gasteiger partial charge in [-0.1, -0.05) is 35.9 Å². The predicted molar refractivity (Wildman–Crippen MR) is 88.4 cm³/mol. The molecule has 3 rings (SSSR count). The van der Waals surface area contributed by atoms with Crippen LogP contribution in [0.2, 0.25) is 0 Å². The molecule has 3 heteroatoms. The summed E-state index contributed by atoms with van der Waals surface area (Å²) in [4.78, 5) is 0. The first-order chi connectivity index (χ1) is 9.91. The molecule has 0 radical (unpaired) electrons. The highest BCUT2D eigenvalue weighted by Gasteiger charge is 2.32. The van der Waals surface area contributed by atoms with Gasteiger partial charge in [-0.3, -0.25) is 0 Å². The molecule has 1 aliphatic heterocycles. The van der Waals surface area contributed by atoms with Crippen molar-refractivity contribution in [3.63, 3.8) is 0 Å². The van der Waals surface area contributed by atoms with E-state index in [1.807, 2.05) is 12.1 Å². The number of fused-ring (bicyclic) bond motifs is 1. The lowest BCUT2D eigenvalue weighted by Gasteiger charge is -2.36. The monoisotopic (exact) mass is 279 g/mol. The van der Waals surface area contributed by atoms with Crippen molar-refractivity contribution in [2.75, 3.05) is 5.73 Å². The Morgan fingerprint density at radius 1 is 0.952 bits per heavy atom. The van der Waals surface area contributed by atoms with Crippen molar-refractivity contribution in [3.8, 4) is 0 Å². The summed E-state index contributed by atoms with van der Waals surface area (Å²) in [5.41, 5.74) is 16.3. The number of benzene rings is 2. The molecule has 1 aliphatic rings. The van der Waals surface area contributed by atoms with Crippen molar-refractivity contribution >= 4 is 17.1 Å². The standard InChI is InChI=1S/C18H21N3/c1-11-5-4-6-13(9-11)18(3)12(2)15-8-7-14(19)10-16(15)17(20)21-18/h4-10,21H,19-20H2,1-3H3. The number of nitrogens with one attached hydrogen (secondary N) is 1. The Hall–Kier alpha value is -2.42. The van der Waals surface area contributed by atoms with Gasteiger partial charge >= 0.3 is 0 Å². The van der Waals surface area contributed by atoms with Crippen LogP contribution in [0, 0.1) is 6.92 Å². The summed E-state index contributed by atoms with van der Waals surface area (Å²) in [5.74, 6) is 0.673. The Kier molecular flexibility index (Phi) is 2.94. The molecule has 2 aromatic carbocycles. The van der Waals surface area contributed by atoms with Crippen molar-refractivity contribution in [2.24, 2.45) is 5.73 Å². The summed E-state index contributed by atoms with van der Waals surface area (Å²) >= 11 is 0. The quantitative estimate of drug-likeness (QED) is 0.689. The zero-order chi connectivity index (χ0) is 15.2. The van der Waals surface area contributed by atoms with Gasteiger partial charge in [0, 0.05) is 10.9 Å². The van der Waals surface area contributed by atoms with Crippen LogP contribution in [-0.2, 0) is 5.54 Å². The van der Waals surface area contributed by atoms with Gasteiger partial charge in [0.2, 0.25) is 0 Å². The van der Waals surface area contributed by atoms with Gasteiger partial charge < -0.3 is 16.8 Å². The van der Waals surface area contributed by atoms with Crippen LogP contribution >= 0.6 is 0 Å². The molecule has 0 amide bonds. The molecular formula is C18H21N3. The first-order valence-electron chi connectivity index (χ1n) is 7.14. The van der Waals surface area contributed by atoms with Crippen LogP contribution in [0.5, 0.6) is 0 Å². The molecule has 21 heavy (non-hydrogen) atoms. The van der Waals surface area contributed by atoms with Crippen LogP contribution in [0.3, 0.4) is 0 Å². The minimum absolute atomic E-state index is 0.306. The van der Waals surface area contributed by atoms with Gasteiger partial charge in [0.15, 0.2) is 0 Å². The minimum Gasteiger partial charge on any atom is -0.399 e. The number of hydrogen-bond acceptors (Lipinski definition) is 3. The van der Waals surface area contributed by atoms with E-state index < -0.39 is 0 Å². The normalized spacial score (nSPS) is 20.9. The molecule has 108 valence electrons. The molecular weight excluding hydrogens is 258 g/mol. The summed E-state index contributed by atoms with van der Waals surface area (Å²) < 4.78 is 0. The predicted octanol–water partition coefficient (Wildman–Crippen LogP) is 1.29. The lowest BCUT2D eigenvalue weighted by Crippen LogP contribution is -2.53. The molecule has 0 bridgehead atoms. The molecule has 1 heterocycles. The van der Waals surface area contributed by atoms with E-state index in [0.29, 0.717) is 5.82 Å². The van der Waals surface area contributed by atoms with Crippen molar-refractivity contribution in [1.29, 1.82) is 0 Å². The SMILES string of the molecule is CC1=c2ccc(N)cc2=C(N)NC1(C)c1cccc(C)c1. The van der Waals surface area contributed by atoms with Crippen molar-refractivity contribution in [3.05, 3.63) is 64.0 Å². The lowest BCUT2D eigenvalue weighted by atomic mass is 9.81. The van der Waals surface area contributed by atoms with Gasteiger partial charge in [0.1, 0.15) is 5.82 Å². The van der Waals surface area contributed by atoms with Crippen LogP contribution in [0.15, 0.2) is 42.5 Å². The number of nitrogens with two attached hydrogens (primary N) is 2. The largest absolute Gasteiger partial charge is 0.399 e. The zero-order valence-corrected chi connectivity index (χ0v) is 12.7. The van der Waals surface area contributed by atoms with Crippen LogP contribution in [0.4, 0.5) is 5.69 Å². The first-order valence-corrected chi connectivity index (χ1v) is 7.14. The fraction of sp³-hybridized carbons (Fsp3) is 0.222. The molecule has 0 spiro atoms. The Labute approximate surface area is 125 Å². The average molecular weight is 279 g/mol. The summed E-state index contributed by atoms with van der Waals surface area (Å²) in [7, 11) is 0. The number of hydrogen-bond donors (Lipinski definition) is 3. The van der Waals surface area contributed by atoms with Gasteiger partial charge in [-0.2, -0.15) is 0 Å². The Balaban J connectivity index is 2.31. The Morgan fingerprint density at radius 3 is 2.43 bits per heavy atom. The third-order valence-electron chi connectivity index (χ3n) is 4.47. The molecule has 5 N–H and O–H groups in total. The molecule has 0 saturated heterocycles. The van der Waals surface area contributed by atoms with Crippen LogP contribution in [-0.4, -0.2) is 0 Å². The Morgan fingerprint density at radius 2 is 1.71 bits per heavy atom. The maximum atomic E-state index is 6.27. The van der Waals surface area contributed by atoms with Crippen molar-refractivity contribution in [1.82, 2.24) is 5.32 Å². The second kappa shape index (κ2) is 4.55. The molecule has 0 fully saturated rings. The fourth-order valence-corrected chi connectivity index (χ4v) is 3.06. The van der Waals surface area contributed by atoms with Gasteiger partial charge in [-0.05, 0) is 49.3 Å². The molecule has 0 saturated carbocycles. The van der Waals surface area contributed by atoms with Crippen LogP contribution in [0.25, 0.3) is 11.4 Å². The number of aryl methyl sites for hydroxylation is 1. The zero-order valence-electron chi connectivity index (χ0n) is 12.7. The number of rotatable bonds is 1. The minimum atomic E-state index is -0.306. The maximum Gasteiger partial charge on any atom is 0.105 e. The second-order valence-electron chi connectivity index (χ2n) is 5.96. The maximum absolute atomic E-state index is 6.27. The molecule has 0 aliphatic carbocycles. The van der Waals surface area contributed by atoms with E-state index in [9.17, 15) is 0 Å². The highest BCUT2D eigenvalue weighted by Crippen LogP contribution is 2.31. The summed E-state index contributed by atoms with van der Waals surface area (Å²) in [6.45, 7) is 6.42. The molecule has 1 atom stereocenters. The molecule has 3 nitrogen and oxygen atoms in total. The average Bonchev–Trinajstić information content (AvgIpc) is 2.45. The van der Waals surface area contributed by atoms with Crippen LogP contribution < -0.4 is 27.2 Å². The van der Waals surface area contributed by atoms with E-state index in [4.69, 9.17) is 11.5 Å². The second-order valence-corrected chi connectivity index (χ2v) is 5.96. The summed E-state index contributed by atoms with van der Waals surface area (Å²) in [5, 5.41) is 5.61. The first kappa shape index (κ1) is 13.6. The van der Waals surface area contributed by atoms with Gasteiger partial charge in [-0.25, -0.2) is 0 Å². The third-order valence-corrected chi connectivity index (χ3v) is 4.47. The van der Waals surface area contributed by atoms with E-state index in [0.717, 1.165) is 16.1 Å². The van der Waals surface area contributed by atoms with E-state index in [-0.39, 0.29) is 5.54 Å². The highest BCUT2D eigenvalue weighted by molar-refractivity contribution is 5.66. The Bertz CT molecular complexity index is 836. The van der Waals surface area contributed by atoms with Gasteiger partial charge in [0.05, 0.1) is 5.54 Å². The smallest absolute Gasteiger partial charge is 0.105 e. The molecule has 1 unspecified atom stereocenters. The fourth-order valence-electron chi connectivity index (χ4n) is 3.06. The molecule has 2 aromatic rings.